The molecule has 0 saturated heterocycles. The minimum absolute atomic E-state index is 0.00468. The highest BCUT2D eigenvalue weighted by molar-refractivity contribution is 5.98. The molecule has 0 unspecified atom stereocenters. The molecule has 0 N–H and O–H groups in total. The molecule has 0 aliphatic rings. The molecule has 1 amide bonds. The molecule has 3 aromatic rings. The number of carbonyl (C=O) groups is 1. The molecule has 0 atom stereocenters. The van der Waals surface area contributed by atoms with Crippen LogP contribution in [0.15, 0.2) is 46.9 Å². The number of alkyl halides is 3. The van der Waals surface area contributed by atoms with E-state index < -0.39 is 17.9 Å². The van der Waals surface area contributed by atoms with Gasteiger partial charge in [-0.2, -0.15) is 13.2 Å². The molecular weight excluding hydrogens is 328 g/mol. The maximum absolute atomic E-state index is 13.8. The Kier molecular flexibility index (Phi) is 3.75. The molecule has 0 radical (unpaired) electrons. The van der Waals surface area contributed by atoms with E-state index in [1.165, 1.54) is 36.4 Å². The van der Waals surface area contributed by atoms with Gasteiger partial charge in [0.25, 0.3) is 0 Å². The average molecular weight is 338 g/mol. The van der Waals surface area contributed by atoms with E-state index in [0.717, 1.165) is 7.05 Å². The summed E-state index contributed by atoms with van der Waals surface area (Å²) in [5.74, 6) is -2.53. The lowest BCUT2D eigenvalue weighted by Crippen LogP contribution is -2.38. The Morgan fingerprint density at radius 1 is 1.17 bits per heavy atom. The summed E-state index contributed by atoms with van der Waals surface area (Å²) in [7, 11) is 1.01. The van der Waals surface area contributed by atoms with Crippen molar-refractivity contribution in [1.29, 1.82) is 0 Å². The topological polar surface area (TPSA) is 46.3 Å². The Morgan fingerprint density at radius 2 is 1.88 bits per heavy atom. The van der Waals surface area contributed by atoms with Crippen LogP contribution in [0.5, 0.6) is 0 Å². The van der Waals surface area contributed by atoms with E-state index in [9.17, 15) is 22.4 Å². The predicted octanol–water partition coefficient (Wildman–Crippen LogP) is 4.16. The van der Waals surface area contributed by atoms with Crippen molar-refractivity contribution in [3.8, 4) is 11.5 Å². The molecule has 0 fully saturated rings. The lowest BCUT2D eigenvalue weighted by atomic mass is 10.2. The van der Waals surface area contributed by atoms with Crippen molar-refractivity contribution in [1.82, 2.24) is 4.98 Å². The van der Waals surface area contributed by atoms with E-state index in [1.807, 2.05) is 0 Å². The van der Waals surface area contributed by atoms with Crippen molar-refractivity contribution in [2.24, 2.45) is 0 Å². The second kappa shape index (κ2) is 5.63. The van der Waals surface area contributed by atoms with E-state index in [2.05, 4.69) is 4.98 Å². The highest BCUT2D eigenvalue weighted by atomic mass is 19.4. The van der Waals surface area contributed by atoms with Gasteiger partial charge in [-0.3, -0.25) is 4.79 Å². The van der Waals surface area contributed by atoms with Crippen molar-refractivity contribution < 1.29 is 26.8 Å². The van der Waals surface area contributed by atoms with E-state index in [1.54, 1.807) is 6.07 Å². The zero-order valence-corrected chi connectivity index (χ0v) is 12.3. The van der Waals surface area contributed by atoms with E-state index >= 15 is 0 Å². The molecule has 0 aliphatic carbocycles. The van der Waals surface area contributed by atoms with Crippen molar-refractivity contribution in [3.05, 3.63) is 48.3 Å². The fourth-order valence-electron chi connectivity index (χ4n) is 2.18. The van der Waals surface area contributed by atoms with Gasteiger partial charge >= 0.3 is 12.1 Å². The van der Waals surface area contributed by atoms with Gasteiger partial charge in [0.05, 0.1) is 5.56 Å². The lowest BCUT2D eigenvalue weighted by Gasteiger charge is -2.18. The van der Waals surface area contributed by atoms with Gasteiger partial charge < -0.3 is 9.32 Å². The maximum Gasteiger partial charge on any atom is 0.471 e. The number of benzene rings is 2. The number of aromatic nitrogens is 1. The summed E-state index contributed by atoms with van der Waals surface area (Å²) in [5.41, 5.74) is 0.605. The number of fused-ring (bicyclic) bond motifs is 1. The van der Waals surface area contributed by atoms with Gasteiger partial charge in [0.2, 0.25) is 5.89 Å². The van der Waals surface area contributed by atoms with Crippen LogP contribution >= 0.6 is 0 Å². The zero-order valence-electron chi connectivity index (χ0n) is 12.3. The number of anilines is 1. The summed E-state index contributed by atoms with van der Waals surface area (Å²) >= 11 is 0. The minimum atomic E-state index is -4.98. The Balaban J connectivity index is 2.01. The second-order valence-corrected chi connectivity index (χ2v) is 5.01. The number of nitrogens with zero attached hydrogens (tertiary/aromatic N) is 2. The summed E-state index contributed by atoms with van der Waals surface area (Å²) in [6.45, 7) is 0. The molecular formula is C16H10F4N2O2. The van der Waals surface area contributed by atoms with Crippen LogP contribution in [0.2, 0.25) is 0 Å². The summed E-state index contributed by atoms with van der Waals surface area (Å²) in [6, 6.07) is 9.78. The van der Waals surface area contributed by atoms with Gasteiger partial charge in [0, 0.05) is 18.8 Å². The molecule has 124 valence electrons. The smallest absolute Gasteiger partial charge is 0.436 e. The molecule has 8 heteroatoms. The van der Waals surface area contributed by atoms with Gasteiger partial charge in [-0.25, -0.2) is 9.37 Å². The first-order chi connectivity index (χ1) is 11.3. The van der Waals surface area contributed by atoms with Crippen molar-refractivity contribution >= 4 is 22.7 Å². The molecule has 24 heavy (non-hydrogen) atoms. The third-order valence-corrected chi connectivity index (χ3v) is 3.41. The van der Waals surface area contributed by atoms with Gasteiger partial charge in [-0.15, -0.1) is 0 Å². The van der Waals surface area contributed by atoms with Gasteiger partial charge in [-0.1, -0.05) is 12.1 Å². The fourth-order valence-corrected chi connectivity index (χ4v) is 2.18. The Morgan fingerprint density at radius 3 is 2.54 bits per heavy atom. The standard InChI is InChI=1S/C16H10F4N2O2/c1-22(15(23)16(18,19)20)9-6-7-12-13(8-9)24-14(21-12)10-4-2-3-5-11(10)17/h2-8H,1H3. The first-order valence-electron chi connectivity index (χ1n) is 6.78. The molecule has 0 spiro atoms. The minimum Gasteiger partial charge on any atom is -0.436 e. The SMILES string of the molecule is CN(C(=O)C(F)(F)F)c1ccc2nc(-c3ccccc3F)oc2c1. The molecule has 4 nitrogen and oxygen atoms in total. The predicted molar refractivity (Wildman–Crippen MR) is 78.9 cm³/mol. The van der Waals surface area contributed by atoms with E-state index in [4.69, 9.17) is 4.42 Å². The molecule has 1 heterocycles. The number of hydrogen-bond acceptors (Lipinski definition) is 3. The van der Waals surface area contributed by atoms with Gasteiger partial charge in [-0.05, 0) is 24.3 Å². The quantitative estimate of drug-likeness (QED) is 0.659. The fraction of sp³-hybridized carbons (Fsp3) is 0.125. The average Bonchev–Trinajstić information content (AvgIpc) is 2.95. The molecule has 3 rings (SSSR count). The first-order valence-corrected chi connectivity index (χ1v) is 6.78. The summed E-state index contributed by atoms with van der Waals surface area (Å²) in [4.78, 5) is 15.8. The Hall–Kier alpha value is -2.90. The number of amides is 1. The largest absolute Gasteiger partial charge is 0.471 e. The highest BCUT2D eigenvalue weighted by Gasteiger charge is 2.41. The molecule has 1 aromatic heterocycles. The number of carbonyl (C=O) groups excluding carboxylic acids is 1. The second-order valence-electron chi connectivity index (χ2n) is 5.01. The van der Waals surface area contributed by atoms with Crippen LogP contribution in [0, 0.1) is 5.82 Å². The molecule has 0 aliphatic heterocycles. The van der Waals surface area contributed by atoms with Crippen molar-refractivity contribution in [2.45, 2.75) is 6.18 Å². The van der Waals surface area contributed by atoms with Crippen LogP contribution in [0.1, 0.15) is 0 Å². The summed E-state index contributed by atoms with van der Waals surface area (Å²) < 4.78 is 56.7. The van der Waals surface area contributed by atoms with Crippen molar-refractivity contribution in [3.63, 3.8) is 0 Å². The third kappa shape index (κ3) is 2.82. The van der Waals surface area contributed by atoms with Gasteiger partial charge in [0.15, 0.2) is 5.58 Å². The molecule has 0 bridgehead atoms. The van der Waals surface area contributed by atoms with Crippen LogP contribution in [0.3, 0.4) is 0 Å². The first kappa shape index (κ1) is 16.0. The normalized spacial score (nSPS) is 11.7. The third-order valence-electron chi connectivity index (χ3n) is 3.41. The van der Waals surface area contributed by atoms with Crippen LogP contribution in [-0.4, -0.2) is 24.1 Å². The van der Waals surface area contributed by atoms with Crippen LogP contribution in [-0.2, 0) is 4.79 Å². The van der Waals surface area contributed by atoms with E-state index in [0.29, 0.717) is 10.4 Å². The zero-order chi connectivity index (χ0) is 17.5. The Labute approximate surface area is 133 Å². The number of oxazole rings is 1. The van der Waals surface area contributed by atoms with Gasteiger partial charge in [0.1, 0.15) is 11.3 Å². The van der Waals surface area contributed by atoms with Crippen LogP contribution < -0.4 is 4.90 Å². The van der Waals surface area contributed by atoms with Crippen molar-refractivity contribution in [2.75, 3.05) is 11.9 Å². The van der Waals surface area contributed by atoms with Crippen LogP contribution in [0.25, 0.3) is 22.6 Å². The molecule has 2 aromatic carbocycles. The number of hydrogen-bond donors (Lipinski definition) is 0. The van der Waals surface area contributed by atoms with Crippen LogP contribution in [0.4, 0.5) is 23.2 Å². The number of halogens is 4. The summed E-state index contributed by atoms with van der Waals surface area (Å²) in [6.07, 6.45) is -4.98. The van der Waals surface area contributed by atoms with E-state index in [-0.39, 0.29) is 22.7 Å². The number of rotatable bonds is 2. The molecule has 0 saturated carbocycles. The summed E-state index contributed by atoms with van der Waals surface area (Å²) in [5, 5.41) is 0. The maximum atomic E-state index is 13.8. The lowest BCUT2D eigenvalue weighted by molar-refractivity contribution is -0.170. The highest BCUT2D eigenvalue weighted by Crippen LogP contribution is 2.30. The Bertz CT molecular complexity index is 918. The monoisotopic (exact) mass is 338 g/mol.